The van der Waals surface area contributed by atoms with Crippen LogP contribution in [0, 0.1) is 0 Å². The molecule has 0 bridgehead atoms. The minimum Gasteiger partial charge on any atom is -0.548 e. The summed E-state index contributed by atoms with van der Waals surface area (Å²) in [6.45, 7) is 0.473. The molecule has 3 aromatic carbocycles. The predicted octanol–water partition coefficient (Wildman–Crippen LogP) is -0.583. The van der Waals surface area contributed by atoms with Crippen molar-refractivity contribution in [3.8, 4) is 0 Å². The van der Waals surface area contributed by atoms with E-state index in [2.05, 4.69) is 36.4 Å². The smallest absolute Gasteiger partial charge is 0.548 e. The summed E-state index contributed by atoms with van der Waals surface area (Å²) in [5, 5.41) is 11.6. The van der Waals surface area contributed by atoms with E-state index in [0.717, 1.165) is 16.7 Å². The van der Waals surface area contributed by atoms with E-state index in [1.54, 1.807) is 0 Å². The van der Waals surface area contributed by atoms with Gasteiger partial charge in [-0.3, -0.25) is 4.90 Å². The van der Waals surface area contributed by atoms with Crippen molar-refractivity contribution < 1.29 is 28.8 Å². The molecule has 0 N–H and O–H groups in total. The molecular formula is C22H18LiNO2. The fourth-order valence-corrected chi connectivity index (χ4v) is 3.75. The van der Waals surface area contributed by atoms with E-state index < -0.39 is 17.6 Å². The van der Waals surface area contributed by atoms with Crippen LogP contribution in [0.3, 0.4) is 0 Å². The number of carboxylic acid groups (broad SMARTS) is 1. The van der Waals surface area contributed by atoms with Crippen molar-refractivity contribution in [3.05, 3.63) is 108 Å². The first kappa shape index (κ1) is 18.5. The van der Waals surface area contributed by atoms with Crippen molar-refractivity contribution in [2.24, 2.45) is 0 Å². The van der Waals surface area contributed by atoms with Gasteiger partial charge in [0.1, 0.15) is 0 Å². The number of benzene rings is 3. The van der Waals surface area contributed by atoms with E-state index in [-0.39, 0.29) is 18.9 Å². The molecule has 1 fully saturated rings. The fourth-order valence-electron chi connectivity index (χ4n) is 3.75. The van der Waals surface area contributed by atoms with Crippen LogP contribution in [-0.2, 0) is 10.3 Å². The third-order valence-electron chi connectivity index (χ3n) is 4.89. The van der Waals surface area contributed by atoms with Crippen molar-refractivity contribution in [2.75, 3.05) is 6.54 Å². The summed E-state index contributed by atoms with van der Waals surface area (Å²) in [6.07, 6.45) is 0. The first-order valence-corrected chi connectivity index (χ1v) is 8.39. The van der Waals surface area contributed by atoms with Crippen LogP contribution < -0.4 is 24.0 Å². The summed E-state index contributed by atoms with van der Waals surface area (Å²) in [7, 11) is 0. The van der Waals surface area contributed by atoms with Crippen LogP contribution in [0.4, 0.5) is 0 Å². The number of aliphatic carboxylic acids is 1. The van der Waals surface area contributed by atoms with E-state index in [1.165, 1.54) is 0 Å². The Kier molecular flexibility index (Phi) is 5.34. The van der Waals surface area contributed by atoms with Crippen LogP contribution in [0.2, 0.25) is 0 Å². The third-order valence-corrected chi connectivity index (χ3v) is 4.89. The van der Waals surface area contributed by atoms with Gasteiger partial charge in [-0.15, -0.1) is 0 Å². The monoisotopic (exact) mass is 335 g/mol. The van der Waals surface area contributed by atoms with E-state index in [9.17, 15) is 9.90 Å². The minimum absolute atomic E-state index is 0. The Hall–Kier alpha value is -2.31. The molecule has 4 rings (SSSR count). The van der Waals surface area contributed by atoms with E-state index in [1.807, 2.05) is 59.5 Å². The number of carboxylic acids is 1. The Morgan fingerprint density at radius 2 is 1.12 bits per heavy atom. The molecular weight excluding hydrogens is 317 g/mol. The van der Waals surface area contributed by atoms with Crippen LogP contribution >= 0.6 is 0 Å². The maximum Gasteiger partial charge on any atom is 1.00 e. The molecule has 0 radical (unpaired) electrons. The van der Waals surface area contributed by atoms with Crippen molar-refractivity contribution in [2.45, 2.75) is 11.6 Å². The fraction of sp³-hybridized carbons (Fsp3) is 0.136. The molecule has 1 aliphatic heterocycles. The number of carbonyl (C=O) groups is 1. The largest absolute Gasteiger partial charge is 1.00 e. The molecule has 0 aromatic heterocycles. The van der Waals surface area contributed by atoms with Crippen molar-refractivity contribution in [1.29, 1.82) is 0 Å². The van der Waals surface area contributed by atoms with Crippen LogP contribution in [0.5, 0.6) is 0 Å². The molecule has 0 amide bonds. The maximum absolute atomic E-state index is 11.6. The van der Waals surface area contributed by atoms with Gasteiger partial charge >= 0.3 is 18.9 Å². The van der Waals surface area contributed by atoms with E-state index >= 15 is 0 Å². The van der Waals surface area contributed by atoms with Crippen LogP contribution in [0.1, 0.15) is 16.7 Å². The molecule has 1 aliphatic rings. The second kappa shape index (κ2) is 7.51. The molecule has 124 valence electrons. The zero-order valence-corrected chi connectivity index (χ0v) is 14.7. The van der Waals surface area contributed by atoms with Crippen molar-refractivity contribution >= 4 is 5.97 Å². The second-order valence-electron chi connectivity index (χ2n) is 6.30. The zero-order valence-electron chi connectivity index (χ0n) is 14.7. The number of nitrogens with zero attached hydrogens (tertiary/aromatic N) is 1. The quantitative estimate of drug-likeness (QED) is 0.356. The van der Waals surface area contributed by atoms with Crippen LogP contribution in [0.25, 0.3) is 0 Å². The first-order valence-electron chi connectivity index (χ1n) is 8.39. The summed E-state index contributed by atoms with van der Waals surface area (Å²) in [5.74, 6) is -1.02. The van der Waals surface area contributed by atoms with Gasteiger partial charge in [0.05, 0.1) is 17.6 Å². The molecule has 2 atom stereocenters. The van der Waals surface area contributed by atoms with Gasteiger partial charge in [0.25, 0.3) is 0 Å². The van der Waals surface area contributed by atoms with Crippen molar-refractivity contribution in [1.82, 2.24) is 4.90 Å². The van der Waals surface area contributed by atoms with Gasteiger partial charge in [0, 0.05) is 6.54 Å². The summed E-state index contributed by atoms with van der Waals surface area (Å²) in [6, 6.07) is 29.7. The first-order chi connectivity index (χ1) is 12.2. The van der Waals surface area contributed by atoms with E-state index in [0.29, 0.717) is 6.54 Å². The number of rotatable bonds is 5. The maximum atomic E-state index is 11.6. The average molecular weight is 335 g/mol. The molecule has 0 saturated carbocycles. The summed E-state index contributed by atoms with van der Waals surface area (Å²) in [5.41, 5.74) is 2.51. The Morgan fingerprint density at radius 3 is 1.38 bits per heavy atom. The summed E-state index contributed by atoms with van der Waals surface area (Å²) in [4.78, 5) is 13.6. The van der Waals surface area contributed by atoms with E-state index in [4.69, 9.17) is 0 Å². The van der Waals surface area contributed by atoms with Gasteiger partial charge in [-0.05, 0) is 16.7 Å². The Labute approximate surface area is 165 Å². The zero-order chi connectivity index (χ0) is 17.3. The molecule has 26 heavy (non-hydrogen) atoms. The average Bonchev–Trinajstić information content (AvgIpc) is 3.47. The van der Waals surface area contributed by atoms with Gasteiger partial charge in [-0.25, -0.2) is 0 Å². The SMILES string of the molecule is O=C([O-])C1C[N@]1C(c1ccccc1)(c1ccccc1)c1ccccc1.[Li+]. The minimum atomic E-state index is -1.02. The summed E-state index contributed by atoms with van der Waals surface area (Å²) < 4.78 is 0. The molecule has 1 saturated heterocycles. The normalized spacial score (nSPS) is 18.6. The Balaban J connectivity index is 0.00000196. The molecule has 0 aliphatic carbocycles. The van der Waals surface area contributed by atoms with Crippen LogP contribution in [-0.4, -0.2) is 23.5 Å². The number of carbonyl (C=O) groups excluding carboxylic acids is 1. The molecule has 3 aromatic rings. The molecule has 1 heterocycles. The topological polar surface area (TPSA) is 43.1 Å². The standard InChI is InChI=1S/C22H19NO2.Li/c24-21(25)20-16-23(20)22(17-10-4-1-5-11-17,18-12-6-2-7-13-18)19-14-8-3-9-15-19;/h1-15,20H,16H2,(H,24,25);/q;+1/p-1/t20?,23-;/m0./s1. The Morgan fingerprint density at radius 1 is 0.769 bits per heavy atom. The molecule has 3 nitrogen and oxygen atoms in total. The summed E-state index contributed by atoms with van der Waals surface area (Å²) >= 11 is 0. The number of hydrogen-bond acceptors (Lipinski definition) is 3. The number of hydrogen-bond donors (Lipinski definition) is 0. The van der Waals surface area contributed by atoms with Gasteiger partial charge in [0.15, 0.2) is 0 Å². The molecule has 0 spiro atoms. The molecule has 1 unspecified atom stereocenters. The van der Waals surface area contributed by atoms with Crippen LogP contribution in [0.15, 0.2) is 91.0 Å². The third kappa shape index (κ3) is 2.99. The van der Waals surface area contributed by atoms with Gasteiger partial charge in [-0.2, -0.15) is 0 Å². The van der Waals surface area contributed by atoms with Gasteiger partial charge in [0.2, 0.25) is 0 Å². The van der Waals surface area contributed by atoms with Gasteiger partial charge < -0.3 is 9.90 Å². The Bertz CT molecular complexity index is 772. The predicted molar refractivity (Wildman–Crippen MR) is 94.7 cm³/mol. The second-order valence-corrected chi connectivity index (χ2v) is 6.30. The van der Waals surface area contributed by atoms with Gasteiger partial charge in [-0.1, -0.05) is 91.0 Å². The molecule has 4 heteroatoms. The van der Waals surface area contributed by atoms with Crippen molar-refractivity contribution in [3.63, 3.8) is 0 Å².